The summed E-state index contributed by atoms with van der Waals surface area (Å²) in [6, 6.07) is 15.9. The molecule has 1 aliphatic heterocycles. The first kappa shape index (κ1) is 16.5. The van der Waals surface area contributed by atoms with E-state index in [1.54, 1.807) is 7.11 Å². The molecule has 2 aromatic rings. The highest BCUT2D eigenvalue weighted by atomic mass is 32.2. The van der Waals surface area contributed by atoms with Crippen LogP contribution in [0, 0.1) is 6.92 Å². The molecule has 0 amide bonds. The van der Waals surface area contributed by atoms with Crippen molar-refractivity contribution in [1.29, 1.82) is 0 Å². The molecular formula is C20H20O3S. The van der Waals surface area contributed by atoms with Gasteiger partial charge in [0.05, 0.1) is 12.9 Å². The molecule has 2 aromatic carbocycles. The van der Waals surface area contributed by atoms with E-state index in [0.717, 1.165) is 28.0 Å². The fourth-order valence-corrected chi connectivity index (χ4v) is 3.93. The number of rotatable bonds is 4. The smallest absolute Gasteiger partial charge is 0.175 e. The quantitative estimate of drug-likeness (QED) is 0.847. The Balaban J connectivity index is 1.94. The molecule has 1 aliphatic rings. The maximum Gasteiger partial charge on any atom is 0.175 e. The van der Waals surface area contributed by atoms with E-state index in [1.807, 2.05) is 61.5 Å². The zero-order chi connectivity index (χ0) is 17.2. The first-order valence-corrected chi connectivity index (χ1v) is 9.52. The van der Waals surface area contributed by atoms with Gasteiger partial charge in [-0.15, -0.1) is 0 Å². The van der Waals surface area contributed by atoms with E-state index in [4.69, 9.17) is 4.74 Å². The van der Waals surface area contributed by atoms with Crippen LogP contribution >= 0.6 is 0 Å². The zero-order valence-electron chi connectivity index (χ0n) is 13.8. The standard InChI is InChI=1S/C20H20O3S/c1-15-3-7-17(8-4-15)20-11-12-24(21,22)14-18(20)13-16-5-9-19(23-2)10-6-16/h3-11,14H,12-13H2,1-2H3. The van der Waals surface area contributed by atoms with Gasteiger partial charge in [-0.3, -0.25) is 0 Å². The van der Waals surface area contributed by atoms with Crippen molar-refractivity contribution in [2.24, 2.45) is 0 Å². The van der Waals surface area contributed by atoms with Crippen molar-refractivity contribution in [2.45, 2.75) is 13.3 Å². The van der Waals surface area contributed by atoms with Gasteiger partial charge in [0.2, 0.25) is 0 Å². The highest BCUT2D eigenvalue weighted by Crippen LogP contribution is 2.31. The minimum Gasteiger partial charge on any atom is -0.497 e. The summed E-state index contributed by atoms with van der Waals surface area (Å²) < 4.78 is 29.3. The van der Waals surface area contributed by atoms with Crippen LogP contribution in [0.3, 0.4) is 0 Å². The minimum atomic E-state index is -3.18. The van der Waals surface area contributed by atoms with Crippen LogP contribution in [0.1, 0.15) is 16.7 Å². The highest BCUT2D eigenvalue weighted by Gasteiger charge is 2.19. The topological polar surface area (TPSA) is 43.4 Å². The molecule has 3 rings (SSSR count). The van der Waals surface area contributed by atoms with Crippen molar-refractivity contribution >= 4 is 15.4 Å². The number of sulfone groups is 1. The van der Waals surface area contributed by atoms with Gasteiger partial charge in [-0.2, -0.15) is 0 Å². The Morgan fingerprint density at radius 2 is 1.67 bits per heavy atom. The predicted molar refractivity (Wildman–Crippen MR) is 97.7 cm³/mol. The zero-order valence-corrected chi connectivity index (χ0v) is 14.6. The van der Waals surface area contributed by atoms with E-state index in [1.165, 1.54) is 11.0 Å². The summed E-state index contributed by atoms with van der Waals surface area (Å²) >= 11 is 0. The lowest BCUT2D eigenvalue weighted by Crippen LogP contribution is -2.10. The second-order valence-corrected chi connectivity index (χ2v) is 7.88. The van der Waals surface area contributed by atoms with Gasteiger partial charge in [0.1, 0.15) is 5.75 Å². The molecule has 3 nitrogen and oxygen atoms in total. The van der Waals surface area contributed by atoms with Crippen LogP contribution in [0.25, 0.3) is 5.57 Å². The molecule has 0 fully saturated rings. The van der Waals surface area contributed by atoms with Gasteiger partial charge in [0.25, 0.3) is 0 Å². The Hall–Kier alpha value is -2.33. The molecule has 124 valence electrons. The summed E-state index contributed by atoms with van der Waals surface area (Å²) in [5.74, 6) is 0.848. The monoisotopic (exact) mass is 340 g/mol. The van der Waals surface area contributed by atoms with Crippen LogP contribution in [0.5, 0.6) is 5.75 Å². The third-order valence-electron chi connectivity index (χ3n) is 4.10. The van der Waals surface area contributed by atoms with Crippen LogP contribution in [-0.4, -0.2) is 21.3 Å². The van der Waals surface area contributed by atoms with Gasteiger partial charge in [0, 0.05) is 5.41 Å². The number of ether oxygens (including phenoxy) is 1. The van der Waals surface area contributed by atoms with Crippen LogP contribution < -0.4 is 4.74 Å². The Morgan fingerprint density at radius 1 is 1.00 bits per heavy atom. The first-order valence-electron chi connectivity index (χ1n) is 7.81. The van der Waals surface area contributed by atoms with Crippen molar-refractivity contribution in [3.05, 3.63) is 82.3 Å². The van der Waals surface area contributed by atoms with Crippen LogP contribution in [-0.2, 0) is 16.3 Å². The maximum atomic E-state index is 12.0. The molecule has 0 radical (unpaired) electrons. The van der Waals surface area contributed by atoms with Crippen molar-refractivity contribution in [2.75, 3.05) is 12.9 Å². The SMILES string of the molecule is COc1ccc(CC2=CS(=O)(=O)CC=C2c2ccc(C)cc2)cc1. The van der Waals surface area contributed by atoms with E-state index >= 15 is 0 Å². The lowest BCUT2D eigenvalue weighted by Gasteiger charge is -2.17. The van der Waals surface area contributed by atoms with E-state index in [2.05, 4.69) is 0 Å². The van der Waals surface area contributed by atoms with Gasteiger partial charge < -0.3 is 4.74 Å². The number of methoxy groups -OCH3 is 1. The lowest BCUT2D eigenvalue weighted by molar-refractivity contribution is 0.414. The Kier molecular flexibility index (Phi) is 4.58. The molecule has 0 bridgehead atoms. The number of aryl methyl sites for hydroxylation is 1. The minimum absolute atomic E-state index is 0.0579. The van der Waals surface area contributed by atoms with E-state index in [9.17, 15) is 8.42 Å². The van der Waals surface area contributed by atoms with E-state index in [0.29, 0.717) is 6.42 Å². The summed E-state index contributed by atoms with van der Waals surface area (Å²) in [6.07, 6.45) is 2.39. The molecule has 0 spiro atoms. The molecule has 0 aliphatic carbocycles. The van der Waals surface area contributed by atoms with E-state index < -0.39 is 9.84 Å². The fraction of sp³-hybridized carbons (Fsp3) is 0.200. The second kappa shape index (κ2) is 6.65. The summed E-state index contributed by atoms with van der Waals surface area (Å²) in [4.78, 5) is 0. The first-order chi connectivity index (χ1) is 11.5. The molecule has 0 saturated carbocycles. The predicted octanol–water partition coefficient (Wildman–Crippen LogP) is 3.94. The van der Waals surface area contributed by atoms with E-state index in [-0.39, 0.29) is 5.75 Å². The third kappa shape index (κ3) is 3.77. The lowest BCUT2D eigenvalue weighted by atomic mass is 9.93. The second-order valence-electron chi connectivity index (χ2n) is 5.98. The van der Waals surface area contributed by atoms with Crippen molar-refractivity contribution in [3.8, 4) is 5.75 Å². The number of allylic oxidation sites excluding steroid dienone is 2. The molecule has 0 aromatic heterocycles. The molecule has 0 unspecified atom stereocenters. The Bertz CT molecular complexity index is 887. The molecule has 0 atom stereocenters. The third-order valence-corrected chi connectivity index (χ3v) is 5.38. The highest BCUT2D eigenvalue weighted by molar-refractivity contribution is 7.94. The van der Waals surface area contributed by atoms with Gasteiger partial charge in [-0.25, -0.2) is 8.42 Å². The number of hydrogen-bond acceptors (Lipinski definition) is 3. The molecule has 0 saturated heterocycles. The molecular weight excluding hydrogens is 320 g/mol. The Labute approximate surface area is 143 Å². The van der Waals surface area contributed by atoms with Crippen molar-refractivity contribution in [1.82, 2.24) is 0 Å². The maximum absolute atomic E-state index is 12.0. The average Bonchev–Trinajstić information content (AvgIpc) is 2.56. The fourth-order valence-electron chi connectivity index (χ4n) is 2.80. The summed E-state index contributed by atoms with van der Waals surface area (Å²) in [5, 5.41) is 1.42. The van der Waals surface area contributed by atoms with Crippen LogP contribution in [0.2, 0.25) is 0 Å². The van der Waals surface area contributed by atoms with Crippen molar-refractivity contribution in [3.63, 3.8) is 0 Å². The van der Waals surface area contributed by atoms with Gasteiger partial charge in [-0.1, -0.05) is 48.0 Å². The number of benzene rings is 2. The van der Waals surface area contributed by atoms with Gasteiger partial charge >= 0.3 is 0 Å². The van der Waals surface area contributed by atoms with Gasteiger partial charge in [-0.05, 0) is 47.8 Å². The van der Waals surface area contributed by atoms with Crippen LogP contribution in [0.4, 0.5) is 0 Å². The number of hydrogen-bond donors (Lipinski definition) is 0. The summed E-state index contributed by atoms with van der Waals surface area (Å²) in [5.41, 5.74) is 5.12. The summed E-state index contributed by atoms with van der Waals surface area (Å²) in [6.45, 7) is 2.04. The molecule has 0 N–H and O–H groups in total. The van der Waals surface area contributed by atoms with Crippen molar-refractivity contribution < 1.29 is 13.2 Å². The molecule has 1 heterocycles. The van der Waals surface area contributed by atoms with Crippen LogP contribution in [0.15, 0.2) is 65.6 Å². The average molecular weight is 340 g/mol. The summed E-state index contributed by atoms with van der Waals surface area (Å²) in [7, 11) is -1.55. The van der Waals surface area contributed by atoms with Gasteiger partial charge in [0.15, 0.2) is 9.84 Å². The normalized spacial score (nSPS) is 16.2. The molecule has 4 heteroatoms. The largest absolute Gasteiger partial charge is 0.497 e. The molecule has 24 heavy (non-hydrogen) atoms. The Morgan fingerprint density at radius 3 is 2.29 bits per heavy atom.